The third-order valence-corrected chi connectivity index (χ3v) is 4.46. The van der Waals surface area contributed by atoms with Crippen LogP contribution in [0.5, 0.6) is 0 Å². The molecule has 26 heavy (non-hydrogen) atoms. The minimum absolute atomic E-state index is 0.314. The first-order valence-corrected chi connectivity index (χ1v) is 8.34. The normalized spacial score (nSPS) is 12.2. The number of hydrogen-bond acceptors (Lipinski definition) is 3. The molecule has 1 aromatic heterocycles. The van der Waals surface area contributed by atoms with Gasteiger partial charge in [0.05, 0.1) is 18.0 Å². The molecule has 4 rings (SSSR count). The molecule has 0 aliphatic heterocycles. The van der Waals surface area contributed by atoms with E-state index in [1.807, 2.05) is 54.6 Å². The molecule has 0 spiro atoms. The minimum Gasteiger partial charge on any atom is -0.303 e. The molecule has 0 N–H and O–H groups in total. The number of rotatable bonds is 5. The highest BCUT2D eigenvalue weighted by molar-refractivity contribution is 5.74. The first-order chi connectivity index (χ1) is 12.8. The second-order valence-electron chi connectivity index (χ2n) is 6.11. The summed E-state index contributed by atoms with van der Waals surface area (Å²) in [6.45, 7) is 0.314. The van der Waals surface area contributed by atoms with Crippen LogP contribution in [0.4, 0.5) is 4.39 Å². The Hall–Kier alpha value is -3.34. The summed E-state index contributed by atoms with van der Waals surface area (Å²) in [7, 11) is 0. The monoisotopic (exact) mass is 345 g/mol. The molecule has 4 aromatic rings. The highest BCUT2D eigenvalue weighted by Crippen LogP contribution is 2.26. The molecule has 1 unspecified atom stereocenters. The predicted molar refractivity (Wildman–Crippen MR) is 98.2 cm³/mol. The van der Waals surface area contributed by atoms with Crippen molar-refractivity contribution in [1.29, 1.82) is 0 Å². The fraction of sp³-hybridized carbons (Fsp3) is 0.0952. The van der Waals surface area contributed by atoms with Gasteiger partial charge in [-0.15, -0.1) is 5.10 Å². The molecule has 4 nitrogen and oxygen atoms in total. The van der Waals surface area contributed by atoms with Crippen molar-refractivity contribution in [3.63, 3.8) is 0 Å². The van der Waals surface area contributed by atoms with Crippen molar-refractivity contribution in [3.05, 3.63) is 84.2 Å². The SMILES string of the molecule is O=CC(Cn1nnc2ccccc21)c1ccc(-c2ccccc2)c(F)c1. The molecule has 0 bridgehead atoms. The van der Waals surface area contributed by atoms with Crippen LogP contribution in [0.1, 0.15) is 11.5 Å². The van der Waals surface area contributed by atoms with Gasteiger partial charge in [-0.05, 0) is 29.3 Å². The van der Waals surface area contributed by atoms with E-state index in [0.717, 1.165) is 22.9 Å². The van der Waals surface area contributed by atoms with E-state index in [9.17, 15) is 9.18 Å². The lowest BCUT2D eigenvalue weighted by Crippen LogP contribution is -2.12. The van der Waals surface area contributed by atoms with Crippen LogP contribution in [-0.4, -0.2) is 21.3 Å². The summed E-state index contributed by atoms with van der Waals surface area (Å²) in [5.74, 6) is -0.844. The van der Waals surface area contributed by atoms with Crippen molar-refractivity contribution in [2.24, 2.45) is 0 Å². The smallest absolute Gasteiger partial charge is 0.131 e. The zero-order valence-electron chi connectivity index (χ0n) is 13.9. The van der Waals surface area contributed by atoms with E-state index in [0.29, 0.717) is 17.7 Å². The second kappa shape index (κ2) is 6.88. The maximum atomic E-state index is 14.6. The Kier molecular flexibility index (Phi) is 4.27. The van der Waals surface area contributed by atoms with Gasteiger partial charge in [-0.1, -0.05) is 59.8 Å². The summed E-state index contributed by atoms with van der Waals surface area (Å²) in [5.41, 5.74) is 3.56. The number of fused-ring (bicyclic) bond motifs is 1. The van der Waals surface area contributed by atoms with Crippen LogP contribution in [0.3, 0.4) is 0 Å². The summed E-state index contributed by atoms with van der Waals surface area (Å²) < 4.78 is 16.3. The van der Waals surface area contributed by atoms with Crippen LogP contribution < -0.4 is 0 Å². The van der Waals surface area contributed by atoms with Crippen LogP contribution in [0.15, 0.2) is 72.8 Å². The molecule has 5 heteroatoms. The van der Waals surface area contributed by atoms with Crippen molar-refractivity contribution in [2.75, 3.05) is 0 Å². The Balaban J connectivity index is 1.65. The predicted octanol–water partition coefficient (Wildman–Crippen LogP) is 4.22. The van der Waals surface area contributed by atoms with Crippen molar-refractivity contribution >= 4 is 17.3 Å². The van der Waals surface area contributed by atoms with Crippen molar-refractivity contribution in [3.8, 4) is 11.1 Å². The molecule has 1 atom stereocenters. The molecule has 1 heterocycles. The zero-order chi connectivity index (χ0) is 17.9. The molecule has 0 saturated carbocycles. The summed E-state index contributed by atoms with van der Waals surface area (Å²) in [6.07, 6.45) is 0.827. The van der Waals surface area contributed by atoms with Crippen LogP contribution in [-0.2, 0) is 11.3 Å². The van der Waals surface area contributed by atoms with Gasteiger partial charge >= 0.3 is 0 Å². The molecule has 3 aromatic carbocycles. The van der Waals surface area contributed by atoms with Gasteiger partial charge in [-0.3, -0.25) is 0 Å². The van der Waals surface area contributed by atoms with Gasteiger partial charge in [0.15, 0.2) is 0 Å². The van der Waals surface area contributed by atoms with E-state index < -0.39 is 5.92 Å². The number of hydrogen-bond donors (Lipinski definition) is 0. The highest BCUT2D eigenvalue weighted by Gasteiger charge is 2.16. The number of aromatic nitrogens is 3. The molecule has 0 amide bonds. The summed E-state index contributed by atoms with van der Waals surface area (Å²) in [6, 6.07) is 21.8. The average Bonchev–Trinajstić information content (AvgIpc) is 3.09. The molecule has 0 radical (unpaired) electrons. The fourth-order valence-electron chi connectivity index (χ4n) is 3.08. The number of nitrogens with zero attached hydrogens (tertiary/aromatic N) is 3. The van der Waals surface area contributed by atoms with E-state index in [1.165, 1.54) is 6.07 Å². The Bertz CT molecular complexity index is 1060. The van der Waals surface area contributed by atoms with Gasteiger partial charge in [0.25, 0.3) is 0 Å². The van der Waals surface area contributed by atoms with Gasteiger partial charge in [0, 0.05) is 5.56 Å². The Morgan fingerprint density at radius 1 is 1.00 bits per heavy atom. The highest BCUT2D eigenvalue weighted by atomic mass is 19.1. The van der Waals surface area contributed by atoms with E-state index >= 15 is 0 Å². The quantitative estimate of drug-likeness (QED) is 0.509. The number of para-hydroxylation sites is 1. The van der Waals surface area contributed by atoms with Gasteiger partial charge in [0.2, 0.25) is 0 Å². The van der Waals surface area contributed by atoms with Crippen LogP contribution in [0, 0.1) is 5.82 Å². The van der Waals surface area contributed by atoms with Crippen molar-refractivity contribution in [1.82, 2.24) is 15.0 Å². The van der Waals surface area contributed by atoms with E-state index in [4.69, 9.17) is 0 Å². The number of aldehydes is 1. The topological polar surface area (TPSA) is 47.8 Å². The fourth-order valence-corrected chi connectivity index (χ4v) is 3.08. The number of benzene rings is 3. The molecular weight excluding hydrogens is 329 g/mol. The van der Waals surface area contributed by atoms with Gasteiger partial charge in [0.1, 0.15) is 17.6 Å². The van der Waals surface area contributed by atoms with E-state index in [-0.39, 0.29) is 5.82 Å². The molecule has 0 aliphatic rings. The summed E-state index contributed by atoms with van der Waals surface area (Å²) in [4.78, 5) is 11.7. The first-order valence-electron chi connectivity index (χ1n) is 8.34. The largest absolute Gasteiger partial charge is 0.303 e. The van der Waals surface area contributed by atoms with Crippen LogP contribution >= 0.6 is 0 Å². The molecule has 0 saturated heterocycles. The standard InChI is InChI=1S/C21H16FN3O/c22-19-12-16(10-11-18(19)15-6-2-1-3-7-15)17(14-26)13-25-21-9-5-4-8-20(21)23-24-25/h1-12,14,17H,13H2. The molecule has 0 aliphatic carbocycles. The number of halogens is 1. The van der Waals surface area contributed by atoms with Crippen molar-refractivity contribution in [2.45, 2.75) is 12.5 Å². The molecule has 0 fully saturated rings. The first kappa shape index (κ1) is 16.1. The van der Waals surface area contributed by atoms with Gasteiger partial charge in [-0.25, -0.2) is 9.07 Å². The number of carbonyl (C=O) groups is 1. The lowest BCUT2D eigenvalue weighted by atomic mass is 9.96. The van der Waals surface area contributed by atoms with Crippen molar-refractivity contribution < 1.29 is 9.18 Å². The van der Waals surface area contributed by atoms with Crippen LogP contribution in [0.25, 0.3) is 22.2 Å². The average molecular weight is 345 g/mol. The minimum atomic E-state index is -0.501. The third-order valence-electron chi connectivity index (χ3n) is 4.46. The van der Waals surface area contributed by atoms with Crippen LogP contribution in [0.2, 0.25) is 0 Å². The zero-order valence-corrected chi connectivity index (χ0v) is 13.9. The lowest BCUT2D eigenvalue weighted by molar-refractivity contribution is -0.109. The second-order valence-corrected chi connectivity index (χ2v) is 6.11. The lowest BCUT2D eigenvalue weighted by Gasteiger charge is -2.13. The Labute approximate surface area is 149 Å². The summed E-state index contributed by atoms with van der Waals surface area (Å²) in [5, 5.41) is 8.20. The van der Waals surface area contributed by atoms with Gasteiger partial charge < -0.3 is 4.79 Å². The van der Waals surface area contributed by atoms with E-state index in [2.05, 4.69) is 10.3 Å². The maximum Gasteiger partial charge on any atom is 0.131 e. The third kappa shape index (κ3) is 2.99. The van der Waals surface area contributed by atoms with Gasteiger partial charge in [-0.2, -0.15) is 0 Å². The Morgan fingerprint density at radius 2 is 1.77 bits per heavy atom. The molecular formula is C21H16FN3O. The molecule has 128 valence electrons. The maximum absolute atomic E-state index is 14.6. The number of carbonyl (C=O) groups excluding carboxylic acids is 1. The summed E-state index contributed by atoms with van der Waals surface area (Å²) >= 11 is 0. The van der Waals surface area contributed by atoms with E-state index in [1.54, 1.807) is 16.8 Å². The Morgan fingerprint density at radius 3 is 2.54 bits per heavy atom.